The maximum Gasteiger partial charge on any atom is 0.233 e. The van der Waals surface area contributed by atoms with Crippen molar-refractivity contribution in [3.63, 3.8) is 0 Å². The summed E-state index contributed by atoms with van der Waals surface area (Å²) in [7, 11) is -3.31. The second-order valence-electron chi connectivity index (χ2n) is 4.60. The van der Waals surface area contributed by atoms with Crippen molar-refractivity contribution in [2.24, 2.45) is 0 Å². The van der Waals surface area contributed by atoms with Crippen LogP contribution in [0.3, 0.4) is 0 Å². The minimum atomic E-state index is -3.31. The van der Waals surface area contributed by atoms with Gasteiger partial charge in [0.15, 0.2) is 0 Å². The molecule has 1 atom stereocenters. The molecule has 1 N–H and O–H groups in total. The molecule has 2 rings (SSSR count). The van der Waals surface area contributed by atoms with E-state index in [4.69, 9.17) is 0 Å². The average molecular weight is 272 g/mol. The Morgan fingerprint density at radius 1 is 1.05 bits per heavy atom. The van der Waals surface area contributed by atoms with Crippen LogP contribution in [0.1, 0.15) is 12.5 Å². The zero-order chi connectivity index (χ0) is 13.7. The first kappa shape index (κ1) is 13.8. The van der Waals surface area contributed by atoms with Gasteiger partial charge in [-0.2, -0.15) is 0 Å². The molecule has 0 radical (unpaired) electrons. The Morgan fingerprint density at radius 3 is 2.16 bits per heavy atom. The molecule has 0 aromatic heterocycles. The molecule has 19 heavy (non-hydrogen) atoms. The van der Waals surface area contributed by atoms with Gasteiger partial charge in [-0.05, 0) is 24.6 Å². The van der Waals surface area contributed by atoms with E-state index in [9.17, 15) is 9.46 Å². The Kier molecular flexibility index (Phi) is 4.36. The summed E-state index contributed by atoms with van der Waals surface area (Å²) in [6, 6.07) is 18.6. The lowest BCUT2D eigenvalue weighted by atomic mass is 10.1. The maximum atomic E-state index is 12.3. The number of rotatable bonds is 4. The van der Waals surface area contributed by atoms with Crippen LogP contribution in [0.5, 0.6) is 0 Å². The van der Waals surface area contributed by atoms with Gasteiger partial charge in [0.1, 0.15) is 0 Å². The van der Waals surface area contributed by atoms with Gasteiger partial charge < -0.3 is 4.89 Å². The van der Waals surface area contributed by atoms with Crippen molar-refractivity contribution < 1.29 is 9.46 Å². The molecule has 2 aromatic carbocycles. The number of allylic oxidation sites excluding steroid dienone is 1. The minimum Gasteiger partial charge on any atom is -0.341 e. The number of hydrogen-bond donors (Lipinski definition) is 1. The molecule has 0 heterocycles. The molecule has 0 amide bonds. The summed E-state index contributed by atoms with van der Waals surface area (Å²) in [6.07, 6.45) is 2.14. The summed E-state index contributed by atoms with van der Waals surface area (Å²) in [5.74, 6) is 0. The predicted molar refractivity (Wildman–Crippen MR) is 80.9 cm³/mol. The van der Waals surface area contributed by atoms with Crippen molar-refractivity contribution in [1.29, 1.82) is 0 Å². The molecule has 0 aliphatic carbocycles. The zero-order valence-corrected chi connectivity index (χ0v) is 11.8. The van der Waals surface area contributed by atoms with Gasteiger partial charge in [-0.15, -0.1) is 0 Å². The molecule has 0 saturated heterocycles. The summed E-state index contributed by atoms with van der Waals surface area (Å²) in [5, 5.41) is 0.510. The van der Waals surface area contributed by atoms with E-state index in [1.54, 1.807) is 24.3 Å². The summed E-state index contributed by atoms with van der Waals surface area (Å²) in [6.45, 7) is 1.89. The van der Waals surface area contributed by atoms with Gasteiger partial charge in [0, 0.05) is 11.5 Å². The normalized spacial score (nSPS) is 14.9. The number of benzene rings is 2. The van der Waals surface area contributed by atoms with Gasteiger partial charge in [0.25, 0.3) is 0 Å². The highest BCUT2D eigenvalue weighted by molar-refractivity contribution is 7.66. The van der Waals surface area contributed by atoms with E-state index in [-0.39, 0.29) is 6.16 Å². The average Bonchev–Trinajstić information content (AvgIpc) is 2.40. The van der Waals surface area contributed by atoms with Crippen LogP contribution in [0.15, 0.2) is 66.2 Å². The lowest BCUT2D eigenvalue weighted by Gasteiger charge is -2.12. The van der Waals surface area contributed by atoms with Gasteiger partial charge in [-0.25, -0.2) is 0 Å². The van der Waals surface area contributed by atoms with Crippen molar-refractivity contribution in [3.8, 4) is 0 Å². The third-order valence-corrected chi connectivity index (χ3v) is 4.87. The predicted octanol–water partition coefficient (Wildman–Crippen LogP) is 3.69. The third-order valence-electron chi connectivity index (χ3n) is 2.84. The van der Waals surface area contributed by atoms with Crippen molar-refractivity contribution in [1.82, 2.24) is 0 Å². The fourth-order valence-corrected chi connectivity index (χ4v) is 3.56. The quantitative estimate of drug-likeness (QED) is 0.862. The fourth-order valence-electron chi connectivity index (χ4n) is 1.97. The molecule has 98 valence electrons. The van der Waals surface area contributed by atoms with Crippen LogP contribution in [0, 0.1) is 0 Å². The van der Waals surface area contributed by atoms with Crippen molar-refractivity contribution in [2.45, 2.75) is 6.92 Å². The molecule has 0 bridgehead atoms. The Bertz CT molecular complexity index is 603. The van der Waals surface area contributed by atoms with E-state index in [2.05, 4.69) is 0 Å². The van der Waals surface area contributed by atoms with Gasteiger partial charge in [-0.3, -0.25) is 4.57 Å². The van der Waals surface area contributed by atoms with Gasteiger partial charge in [-0.1, -0.05) is 60.2 Å². The molecule has 0 aliphatic rings. The standard InChI is InChI=1S/C16H17O2P/c1-14(12-15-8-4-2-5-9-15)13-19(17,18)16-10-6-3-7-11-16/h2-12H,13H2,1H3,(H,17,18)/b14-12+. The van der Waals surface area contributed by atoms with Crippen LogP contribution in [0.25, 0.3) is 6.08 Å². The van der Waals surface area contributed by atoms with Crippen LogP contribution in [0.4, 0.5) is 0 Å². The maximum absolute atomic E-state index is 12.3. The fraction of sp³-hybridized carbons (Fsp3) is 0.125. The van der Waals surface area contributed by atoms with Crippen LogP contribution in [-0.4, -0.2) is 11.1 Å². The molecule has 0 fully saturated rings. The lowest BCUT2D eigenvalue weighted by molar-refractivity contribution is 0.492. The molecular formula is C16H17O2P. The van der Waals surface area contributed by atoms with E-state index < -0.39 is 7.37 Å². The molecule has 0 saturated carbocycles. The molecule has 3 heteroatoms. The smallest absolute Gasteiger partial charge is 0.233 e. The van der Waals surface area contributed by atoms with E-state index in [0.717, 1.165) is 11.1 Å². The highest BCUT2D eigenvalue weighted by Crippen LogP contribution is 2.41. The summed E-state index contributed by atoms with van der Waals surface area (Å²) in [5.41, 5.74) is 1.95. The summed E-state index contributed by atoms with van der Waals surface area (Å²) < 4.78 is 12.3. The molecule has 2 aromatic rings. The Labute approximate surface area is 113 Å². The first-order valence-electron chi connectivity index (χ1n) is 6.17. The van der Waals surface area contributed by atoms with Gasteiger partial charge in [0.2, 0.25) is 7.37 Å². The van der Waals surface area contributed by atoms with Crippen LogP contribution >= 0.6 is 7.37 Å². The Balaban J connectivity index is 2.17. The number of hydrogen-bond acceptors (Lipinski definition) is 1. The van der Waals surface area contributed by atoms with Crippen LogP contribution in [-0.2, 0) is 4.57 Å². The molecule has 0 aliphatic heterocycles. The van der Waals surface area contributed by atoms with Gasteiger partial charge in [0.05, 0.1) is 0 Å². The molecule has 0 spiro atoms. The van der Waals surface area contributed by atoms with Crippen molar-refractivity contribution >= 4 is 18.7 Å². The zero-order valence-electron chi connectivity index (χ0n) is 10.9. The highest BCUT2D eigenvalue weighted by Gasteiger charge is 2.20. The largest absolute Gasteiger partial charge is 0.341 e. The van der Waals surface area contributed by atoms with Crippen molar-refractivity contribution in [3.05, 3.63) is 71.8 Å². The minimum absolute atomic E-state index is 0.186. The molecule has 2 nitrogen and oxygen atoms in total. The monoisotopic (exact) mass is 272 g/mol. The van der Waals surface area contributed by atoms with Crippen LogP contribution < -0.4 is 5.30 Å². The lowest BCUT2D eigenvalue weighted by Crippen LogP contribution is -2.07. The van der Waals surface area contributed by atoms with E-state index in [1.807, 2.05) is 49.4 Å². The first-order valence-corrected chi connectivity index (χ1v) is 8.02. The topological polar surface area (TPSA) is 37.3 Å². The first-order chi connectivity index (χ1) is 9.08. The SMILES string of the molecule is C/C(=C\c1ccccc1)CP(=O)(O)c1ccccc1. The van der Waals surface area contributed by atoms with E-state index in [0.29, 0.717) is 5.30 Å². The van der Waals surface area contributed by atoms with E-state index >= 15 is 0 Å². The molecular weight excluding hydrogens is 255 g/mol. The third kappa shape index (κ3) is 3.92. The van der Waals surface area contributed by atoms with E-state index in [1.165, 1.54) is 0 Å². The van der Waals surface area contributed by atoms with Crippen LogP contribution in [0.2, 0.25) is 0 Å². The second kappa shape index (κ2) is 6.01. The Morgan fingerprint density at radius 2 is 1.58 bits per heavy atom. The molecule has 1 unspecified atom stereocenters. The summed E-state index contributed by atoms with van der Waals surface area (Å²) >= 11 is 0. The van der Waals surface area contributed by atoms with Crippen molar-refractivity contribution in [2.75, 3.05) is 6.16 Å². The van der Waals surface area contributed by atoms with Gasteiger partial charge >= 0.3 is 0 Å². The second-order valence-corrected chi connectivity index (χ2v) is 6.83. The Hall–Kier alpha value is -1.63. The highest BCUT2D eigenvalue weighted by atomic mass is 31.2. The summed E-state index contributed by atoms with van der Waals surface area (Å²) in [4.78, 5) is 10.1.